The van der Waals surface area contributed by atoms with Gasteiger partial charge in [-0.05, 0) is 37.0 Å². The average Bonchev–Trinajstić information content (AvgIpc) is 2.34. The van der Waals surface area contributed by atoms with E-state index in [0.717, 1.165) is 29.5 Å². The predicted octanol–water partition coefficient (Wildman–Crippen LogP) is 3.14. The summed E-state index contributed by atoms with van der Waals surface area (Å²) in [6.45, 7) is 3.08. The molecule has 1 aromatic carbocycles. The van der Waals surface area contributed by atoms with Gasteiger partial charge in [0.2, 0.25) is 0 Å². The Morgan fingerprint density at radius 1 is 1.53 bits per heavy atom. The number of anilines is 1. The van der Waals surface area contributed by atoms with Crippen LogP contribution in [0.4, 0.5) is 5.69 Å². The zero-order valence-electron chi connectivity index (χ0n) is 9.91. The number of nitrogens with zero attached hydrogens (tertiary/aromatic N) is 1. The molecular weight excluding hydrogens is 280 g/mol. The molecule has 2 N–H and O–H groups in total. The smallest absolute Gasteiger partial charge is 0.101 e. The first kappa shape index (κ1) is 14.0. The molecule has 0 fully saturated rings. The van der Waals surface area contributed by atoms with Crippen LogP contribution in [-0.4, -0.2) is 18.3 Å². The number of benzene rings is 1. The molecule has 4 heteroatoms. The predicted molar refractivity (Wildman–Crippen MR) is 72.8 cm³/mol. The zero-order chi connectivity index (χ0) is 12.7. The Morgan fingerprint density at radius 2 is 2.29 bits per heavy atom. The normalized spacial score (nSPS) is 11.9. The maximum Gasteiger partial charge on any atom is 0.101 e. The lowest BCUT2D eigenvalue weighted by Crippen LogP contribution is -2.07. The van der Waals surface area contributed by atoms with Crippen molar-refractivity contribution < 1.29 is 5.11 Å². The molecule has 17 heavy (non-hydrogen) atoms. The molecule has 92 valence electrons. The highest BCUT2D eigenvalue weighted by Gasteiger charge is 2.03. The van der Waals surface area contributed by atoms with Gasteiger partial charge in [-0.1, -0.05) is 22.9 Å². The number of nitriles is 1. The van der Waals surface area contributed by atoms with Crippen molar-refractivity contribution in [3.05, 3.63) is 28.2 Å². The zero-order valence-corrected chi connectivity index (χ0v) is 11.5. The first-order valence-electron chi connectivity index (χ1n) is 5.71. The molecule has 0 aliphatic heterocycles. The fraction of sp³-hybridized carbons (Fsp3) is 0.462. The highest BCUT2D eigenvalue weighted by Crippen LogP contribution is 2.20. The number of hydrogen-bond donors (Lipinski definition) is 2. The summed E-state index contributed by atoms with van der Waals surface area (Å²) in [5, 5.41) is 21.1. The van der Waals surface area contributed by atoms with Gasteiger partial charge in [0.05, 0.1) is 11.3 Å². The maximum atomic E-state index is 8.95. The molecule has 0 heterocycles. The van der Waals surface area contributed by atoms with E-state index in [1.807, 2.05) is 19.1 Å². The van der Waals surface area contributed by atoms with Gasteiger partial charge in [0.15, 0.2) is 0 Å². The molecule has 1 unspecified atom stereocenters. The van der Waals surface area contributed by atoms with Crippen LogP contribution in [0.2, 0.25) is 0 Å². The van der Waals surface area contributed by atoms with E-state index in [2.05, 4.69) is 27.3 Å². The van der Waals surface area contributed by atoms with Crippen molar-refractivity contribution in [1.82, 2.24) is 0 Å². The molecule has 0 spiro atoms. The van der Waals surface area contributed by atoms with Gasteiger partial charge in [-0.2, -0.15) is 5.26 Å². The number of aliphatic hydroxyl groups is 1. The number of aliphatic hydroxyl groups excluding tert-OH is 1. The van der Waals surface area contributed by atoms with E-state index in [0.29, 0.717) is 11.5 Å². The SMILES string of the molecule is CC(CO)CCCNc1cc(Br)ccc1C#N. The maximum absolute atomic E-state index is 8.95. The van der Waals surface area contributed by atoms with Crippen molar-refractivity contribution >= 4 is 21.6 Å². The largest absolute Gasteiger partial charge is 0.396 e. The monoisotopic (exact) mass is 296 g/mol. The average molecular weight is 297 g/mol. The molecular formula is C13H17BrN2O. The minimum atomic E-state index is 0.236. The van der Waals surface area contributed by atoms with Crippen LogP contribution in [0, 0.1) is 17.2 Å². The Kier molecular flexibility index (Phi) is 6.03. The molecule has 0 saturated heterocycles. The van der Waals surface area contributed by atoms with E-state index in [1.54, 1.807) is 6.07 Å². The van der Waals surface area contributed by atoms with Gasteiger partial charge < -0.3 is 10.4 Å². The number of halogens is 1. The topological polar surface area (TPSA) is 56.0 Å². The minimum Gasteiger partial charge on any atom is -0.396 e. The minimum absolute atomic E-state index is 0.236. The lowest BCUT2D eigenvalue weighted by molar-refractivity contribution is 0.229. The van der Waals surface area contributed by atoms with E-state index >= 15 is 0 Å². The summed E-state index contributed by atoms with van der Waals surface area (Å²) in [4.78, 5) is 0. The van der Waals surface area contributed by atoms with E-state index in [-0.39, 0.29) is 6.61 Å². The second kappa shape index (κ2) is 7.31. The van der Waals surface area contributed by atoms with Crippen LogP contribution in [0.5, 0.6) is 0 Å². The van der Waals surface area contributed by atoms with Gasteiger partial charge in [0, 0.05) is 17.6 Å². The van der Waals surface area contributed by atoms with Gasteiger partial charge in [0.1, 0.15) is 6.07 Å². The van der Waals surface area contributed by atoms with Crippen LogP contribution in [0.25, 0.3) is 0 Å². The van der Waals surface area contributed by atoms with Gasteiger partial charge in [-0.3, -0.25) is 0 Å². The van der Waals surface area contributed by atoms with E-state index in [1.165, 1.54) is 0 Å². The lowest BCUT2D eigenvalue weighted by Gasteiger charge is -2.10. The summed E-state index contributed by atoms with van der Waals surface area (Å²) in [6.07, 6.45) is 1.97. The highest BCUT2D eigenvalue weighted by molar-refractivity contribution is 9.10. The number of nitrogens with one attached hydrogen (secondary N) is 1. The van der Waals surface area contributed by atoms with Gasteiger partial charge >= 0.3 is 0 Å². The van der Waals surface area contributed by atoms with Crippen LogP contribution < -0.4 is 5.32 Å². The molecule has 0 amide bonds. The summed E-state index contributed by atoms with van der Waals surface area (Å²) in [5.74, 6) is 0.342. The van der Waals surface area contributed by atoms with Crippen LogP contribution in [-0.2, 0) is 0 Å². The molecule has 0 bridgehead atoms. The third kappa shape index (κ3) is 4.76. The Bertz CT molecular complexity index is 401. The Labute approximate surface area is 111 Å². The van der Waals surface area contributed by atoms with Crippen LogP contribution >= 0.6 is 15.9 Å². The quantitative estimate of drug-likeness (QED) is 0.793. The van der Waals surface area contributed by atoms with Crippen molar-refractivity contribution in [3.63, 3.8) is 0 Å². The molecule has 1 rings (SSSR count). The third-order valence-corrected chi connectivity index (χ3v) is 3.10. The molecule has 0 saturated carbocycles. The fourth-order valence-corrected chi connectivity index (χ4v) is 1.89. The number of hydrogen-bond acceptors (Lipinski definition) is 3. The molecule has 0 aliphatic rings. The Hall–Kier alpha value is -1.05. The second-order valence-electron chi connectivity index (χ2n) is 4.16. The van der Waals surface area contributed by atoms with Crippen molar-refractivity contribution in [2.24, 2.45) is 5.92 Å². The van der Waals surface area contributed by atoms with Crippen molar-refractivity contribution in [2.75, 3.05) is 18.5 Å². The third-order valence-electron chi connectivity index (χ3n) is 2.60. The van der Waals surface area contributed by atoms with Gasteiger partial charge in [-0.15, -0.1) is 0 Å². The van der Waals surface area contributed by atoms with Gasteiger partial charge in [-0.25, -0.2) is 0 Å². The van der Waals surface area contributed by atoms with Gasteiger partial charge in [0.25, 0.3) is 0 Å². The molecule has 0 aromatic heterocycles. The molecule has 1 atom stereocenters. The summed E-state index contributed by atoms with van der Waals surface area (Å²) in [5.41, 5.74) is 1.52. The van der Waals surface area contributed by atoms with Crippen LogP contribution in [0.15, 0.2) is 22.7 Å². The summed E-state index contributed by atoms with van der Waals surface area (Å²) in [7, 11) is 0. The second-order valence-corrected chi connectivity index (χ2v) is 5.07. The summed E-state index contributed by atoms with van der Waals surface area (Å²) < 4.78 is 0.961. The molecule has 0 aliphatic carbocycles. The summed E-state index contributed by atoms with van der Waals surface area (Å²) >= 11 is 3.39. The highest BCUT2D eigenvalue weighted by atomic mass is 79.9. The standard InChI is InChI=1S/C13H17BrN2O/c1-10(9-17)3-2-6-16-13-7-12(14)5-4-11(13)8-15/h4-5,7,10,16-17H,2-3,6,9H2,1H3. The lowest BCUT2D eigenvalue weighted by atomic mass is 10.1. The molecule has 0 radical (unpaired) electrons. The first-order chi connectivity index (χ1) is 8.17. The number of rotatable bonds is 6. The van der Waals surface area contributed by atoms with Crippen LogP contribution in [0.1, 0.15) is 25.3 Å². The van der Waals surface area contributed by atoms with E-state index < -0.39 is 0 Å². The fourth-order valence-electron chi connectivity index (χ4n) is 1.53. The summed E-state index contributed by atoms with van der Waals surface area (Å²) in [6, 6.07) is 7.72. The first-order valence-corrected chi connectivity index (χ1v) is 6.51. The van der Waals surface area contributed by atoms with E-state index in [9.17, 15) is 0 Å². The van der Waals surface area contributed by atoms with Crippen molar-refractivity contribution in [2.45, 2.75) is 19.8 Å². The van der Waals surface area contributed by atoms with Crippen molar-refractivity contribution in [3.8, 4) is 6.07 Å². The van der Waals surface area contributed by atoms with E-state index in [4.69, 9.17) is 10.4 Å². The Balaban J connectivity index is 2.46. The molecule has 3 nitrogen and oxygen atoms in total. The Morgan fingerprint density at radius 3 is 2.94 bits per heavy atom. The molecule has 1 aromatic rings. The van der Waals surface area contributed by atoms with Crippen LogP contribution in [0.3, 0.4) is 0 Å². The van der Waals surface area contributed by atoms with Crippen molar-refractivity contribution in [1.29, 1.82) is 5.26 Å².